The summed E-state index contributed by atoms with van der Waals surface area (Å²) in [4.78, 5) is 20.1. The molecular formula is C17H18N6O2. The van der Waals surface area contributed by atoms with Crippen LogP contribution in [0.4, 0.5) is 11.6 Å². The molecule has 0 saturated carbocycles. The van der Waals surface area contributed by atoms with Crippen molar-refractivity contribution in [1.29, 1.82) is 0 Å². The number of carbonyl (C=O) groups excluding carboxylic acids is 1. The second kappa shape index (κ2) is 7.08. The number of benzene rings is 1. The minimum Gasteiger partial charge on any atom is -0.465 e. The minimum absolute atomic E-state index is 0.231. The Bertz CT molecular complexity index is 873. The first-order valence-electron chi connectivity index (χ1n) is 7.77. The van der Waals surface area contributed by atoms with Crippen molar-refractivity contribution in [2.24, 2.45) is 0 Å². The topological polar surface area (TPSA) is 94.8 Å². The number of esters is 1. The number of anilines is 2. The molecular weight excluding hydrogens is 320 g/mol. The summed E-state index contributed by atoms with van der Waals surface area (Å²) in [6.45, 7) is 4.06. The summed E-state index contributed by atoms with van der Waals surface area (Å²) in [5.41, 5.74) is 2.60. The lowest BCUT2D eigenvalue weighted by Gasteiger charge is -2.06. The van der Waals surface area contributed by atoms with E-state index in [0.29, 0.717) is 22.9 Å². The van der Waals surface area contributed by atoms with Gasteiger partial charge in [0.2, 0.25) is 5.95 Å². The highest BCUT2D eigenvalue weighted by Crippen LogP contribution is 2.19. The maximum absolute atomic E-state index is 11.5. The van der Waals surface area contributed by atoms with Gasteiger partial charge in [-0.1, -0.05) is 5.21 Å². The second-order valence-electron chi connectivity index (χ2n) is 5.64. The van der Waals surface area contributed by atoms with Gasteiger partial charge in [0.1, 0.15) is 5.69 Å². The predicted molar refractivity (Wildman–Crippen MR) is 92.5 cm³/mol. The van der Waals surface area contributed by atoms with Gasteiger partial charge in [0.05, 0.1) is 24.6 Å². The first-order chi connectivity index (χ1) is 12.1. The molecule has 0 spiro atoms. The fraction of sp³-hybridized carbons (Fsp3) is 0.235. The Labute approximate surface area is 144 Å². The number of methoxy groups -OCH3 is 1. The molecule has 0 aliphatic carbocycles. The number of hydrogen-bond acceptors (Lipinski definition) is 7. The quantitative estimate of drug-likeness (QED) is 0.715. The third-order valence-electron chi connectivity index (χ3n) is 3.52. The van der Waals surface area contributed by atoms with Gasteiger partial charge in [0.15, 0.2) is 0 Å². The van der Waals surface area contributed by atoms with Crippen LogP contribution in [0.25, 0.3) is 11.4 Å². The van der Waals surface area contributed by atoms with Crippen LogP contribution in [0.1, 0.15) is 30.2 Å². The van der Waals surface area contributed by atoms with Crippen molar-refractivity contribution in [3.63, 3.8) is 0 Å². The van der Waals surface area contributed by atoms with E-state index in [0.717, 1.165) is 5.69 Å². The third kappa shape index (κ3) is 3.79. The zero-order chi connectivity index (χ0) is 17.8. The molecule has 2 heterocycles. The summed E-state index contributed by atoms with van der Waals surface area (Å²) < 4.78 is 6.45. The Hall–Kier alpha value is -3.29. The molecule has 0 saturated heterocycles. The average molecular weight is 338 g/mol. The number of rotatable bonds is 5. The molecule has 3 aromatic rings. The highest BCUT2D eigenvalue weighted by Gasteiger charge is 2.09. The van der Waals surface area contributed by atoms with Gasteiger partial charge in [-0.25, -0.2) is 19.4 Å². The smallest absolute Gasteiger partial charge is 0.337 e. The number of carbonyl (C=O) groups is 1. The standard InChI is InChI=1S/C17H18N6O2/c1-11(2)23-10-15(21-22-23)14-8-9-18-17(20-14)19-13-6-4-12(5-7-13)16(24)25-3/h4-11H,1-3H3,(H,18,19,20). The van der Waals surface area contributed by atoms with Crippen LogP contribution in [0.3, 0.4) is 0 Å². The zero-order valence-electron chi connectivity index (χ0n) is 14.2. The molecule has 8 nitrogen and oxygen atoms in total. The fourth-order valence-corrected chi connectivity index (χ4v) is 2.14. The number of nitrogens with zero attached hydrogens (tertiary/aromatic N) is 5. The maximum Gasteiger partial charge on any atom is 0.337 e. The van der Waals surface area contributed by atoms with Gasteiger partial charge in [-0.3, -0.25) is 0 Å². The Morgan fingerprint density at radius 2 is 1.92 bits per heavy atom. The van der Waals surface area contributed by atoms with Crippen LogP contribution < -0.4 is 5.32 Å². The molecule has 0 aliphatic rings. The summed E-state index contributed by atoms with van der Waals surface area (Å²) in [7, 11) is 1.35. The number of aromatic nitrogens is 5. The molecule has 128 valence electrons. The normalized spacial score (nSPS) is 10.7. The summed E-state index contributed by atoms with van der Waals surface area (Å²) in [6, 6.07) is 8.88. The monoisotopic (exact) mass is 338 g/mol. The van der Waals surface area contributed by atoms with Crippen molar-refractivity contribution in [2.75, 3.05) is 12.4 Å². The highest BCUT2D eigenvalue weighted by atomic mass is 16.5. The average Bonchev–Trinajstić information content (AvgIpc) is 3.12. The van der Waals surface area contributed by atoms with E-state index in [1.807, 2.05) is 20.0 Å². The van der Waals surface area contributed by atoms with Crippen LogP contribution >= 0.6 is 0 Å². The van der Waals surface area contributed by atoms with E-state index in [1.54, 1.807) is 41.2 Å². The van der Waals surface area contributed by atoms with Crippen molar-refractivity contribution >= 4 is 17.6 Å². The van der Waals surface area contributed by atoms with E-state index in [2.05, 4.69) is 30.3 Å². The number of hydrogen-bond donors (Lipinski definition) is 1. The summed E-state index contributed by atoms with van der Waals surface area (Å²) in [6.07, 6.45) is 3.50. The lowest BCUT2D eigenvalue weighted by Crippen LogP contribution is -2.02. The van der Waals surface area contributed by atoms with Gasteiger partial charge >= 0.3 is 5.97 Å². The number of ether oxygens (including phenoxy) is 1. The van der Waals surface area contributed by atoms with E-state index in [1.165, 1.54) is 7.11 Å². The van der Waals surface area contributed by atoms with Crippen molar-refractivity contribution < 1.29 is 9.53 Å². The second-order valence-corrected chi connectivity index (χ2v) is 5.64. The first-order valence-corrected chi connectivity index (χ1v) is 7.77. The van der Waals surface area contributed by atoms with E-state index in [4.69, 9.17) is 0 Å². The maximum atomic E-state index is 11.5. The van der Waals surface area contributed by atoms with Gasteiger partial charge in [0, 0.05) is 17.9 Å². The summed E-state index contributed by atoms with van der Waals surface area (Å²) in [5.74, 6) is 0.0560. The molecule has 1 N–H and O–H groups in total. The van der Waals surface area contributed by atoms with Crippen LogP contribution in [0.5, 0.6) is 0 Å². The Morgan fingerprint density at radius 1 is 1.16 bits per heavy atom. The largest absolute Gasteiger partial charge is 0.465 e. The lowest BCUT2D eigenvalue weighted by molar-refractivity contribution is 0.0601. The van der Waals surface area contributed by atoms with Crippen molar-refractivity contribution in [1.82, 2.24) is 25.0 Å². The Kier molecular flexibility index (Phi) is 4.69. The Morgan fingerprint density at radius 3 is 2.56 bits per heavy atom. The van der Waals surface area contributed by atoms with Crippen LogP contribution in [-0.4, -0.2) is 38.0 Å². The predicted octanol–water partition coefficient (Wildman–Crippen LogP) is 2.85. The minimum atomic E-state index is -0.377. The van der Waals surface area contributed by atoms with E-state index in [9.17, 15) is 4.79 Å². The summed E-state index contributed by atoms with van der Waals surface area (Å²) >= 11 is 0. The zero-order valence-corrected chi connectivity index (χ0v) is 14.2. The first kappa shape index (κ1) is 16.6. The van der Waals surface area contributed by atoms with Gasteiger partial charge in [-0.2, -0.15) is 0 Å². The molecule has 0 atom stereocenters. The molecule has 0 amide bonds. The van der Waals surface area contributed by atoms with Gasteiger partial charge in [-0.05, 0) is 44.2 Å². The van der Waals surface area contributed by atoms with Crippen molar-refractivity contribution in [3.05, 3.63) is 48.3 Å². The van der Waals surface area contributed by atoms with Crippen molar-refractivity contribution in [3.8, 4) is 11.4 Å². The van der Waals surface area contributed by atoms with E-state index in [-0.39, 0.29) is 12.0 Å². The van der Waals surface area contributed by atoms with E-state index >= 15 is 0 Å². The molecule has 3 rings (SSSR count). The van der Waals surface area contributed by atoms with E-state index < -0.39 is 0 Å². The molecule has 0 aliphatic heterocycles. The number of nitrogens with one attached hydrogen (secondary N) is 1. The van der Waals surface area contributed by atoms with Gasteiger partial charge in [0.25, 0.3) is 0 Å². The third-order valence-corrected chi connectivity index (χ3v) is 3.52. The lowest BCUT2D eigenvalue weighted by atomic mass is 10.2. The van der Waals surface area contributed by atoms with Crippen LogP contribution in [-0.2, 0) is 4.74 Å². The molecule has 0 fully saturated rings. The van der Waals surface area contributed by atoms with Crippen LogP contribution in [0.15, 0.2) is 42.7 Å². The molecule has 8 heteroatoms. The van der Waals surface area contributed by atoms with Gasteiger partial charge < -0.3 is 10.1 Å². The molecule has 1 aromatic carbocycles. The SMILES string of the molecule is COC(=O)c1ccc(Nc2nccc(-c3cn(C(C)C)nn3)n2)cc1. The van der Waals surface area contributed by atoms with Crippen molar-refractivity contribution in [2.45, 2.75) is 19.9 Å². The highest BCUT2D eigenvalue weighted by molar-refractivity contribution is 5.89. The van der Waals surface area contributed by atoms with Crippen LogP contribution in [0, 0.1) is 0 Å². The molecule has 25 heavy (non-hydrogen) atoms. The molecule has 0 radical (unpaired) electrons. The Balaban J connectivity index is 1.78. The molecule has 0 unspecified atom stereocenters. The summed E-state index contributed by atoms with van der Waals surface area (Å²) in [5, 5.41) is 11.3. The van der Waals surface area contributed by atoms with Gasteiger partial charge in [-0.15, -0.1) is 5.10 Å². The molecule has 2 aromatic heterocycles. The fourth-order valence-electron chi connectivity index (χ4n) is 2.14. The van der Waals surface area contributed by atoms with Crippen LogP contribution in [0.2, 0.25) is 0 Å². The molecule has 0 bridgehead atoms.